The van der Waals surface area contributed by atoms with E-state index in [1.807, 2.05) is 39.8 Å². The number of carbonyl (C=O) groups excluding carboxylic acids is 1. The van der Waals surface area contributed by atoms with Crippen molar-refractivity contribution in [3.8, 4) is 0 Å². The van der Waals surface area contributed by atoms with Gasteiger partial charge in [0.2, 0.25) is 0 Å². The van der Waals surface area contributed by atoms with Crippen LogP contribution in [0.3, 0.4) is 0 Å². The van der Waals surface area contributed by atoms with Gasteiger partial charge >= 0.3 is 0 Å². The van der Waals surface area contributed by atoms with Crippen LogP contribution in [0.15, 0.2) is 58.5 Å². The highest BCUT2D eigenvalue weighted by molar-refractivity contribution is 6.05. The molecule has 2 rings (SSSR count). The average molecular weight is 432 g/mol. The van der Waals surface area contributed by atoms with Crippen LogP contribution in [-0.4, -0.2) is 29.9 Å². The third-order valence-corrected chi connectivity index (χ3v) is 3.63. The Morgan fingerprint density at radius 3 is 1.40 bits per heavy atom. The van der Waals surface area contributed by atoms with Crippen molar-refractivity contribution >= 4 is 47.3 Å². The first-order valence-corrected chi connectivity index (χ1v) is 9.45. The molecule has 162 valence electrons. The zero-order valence-electron chi connectivity index (χ0n) is 17.6. The fraction of sp³-hybridized carbons (Fsp3) is 0.286. The molecule has 9 heteroatoms. The van der Waals surface area contributed by atoms with E-state index in [1.54, 1.807) is 36.4 Å². The molecule has 8 nitrogen and oxygen atoms in total. The molecule has 0 bridgehead atoms. The van der Waals surface area contributed by atoms with Gasteiger partial charge in [0.05, 0.1) is 0 Å². The Hall–Kier alpha value is -3.26. The van der Waals surface area contributed by atoms with Gasteiger partial charge < -0.3 is 27.4 Å². The number of hydrogen-bond donors (Lipinski definition) is 5. The largest absolute Gasteiger partial charge is 0.370 e. The highest BCUT2D eigenvalue weighted by Crippen LogP contribution is 2.16. The minimum Gasteiger partial charge on any atom is -0.370 e. The van der Waals surface area contributed by atoms with Crippen LogP contribution in [0.2, 0.25) is 0 Å². The standard InChI is InChI=1S/C21H29N7O.ClH/c1-13(2)24-20(22)27-17-7-5-15(6-8-17)19(29)26-16-9-11-18(12-10-16)28-21(23)25-14(3)4;/h5-14H,1-4H3,(H,26,29)(H3,22,24,27)(H3,23,25,28);1H. The molecule has 0 aliphatic heterocycles. The quantitative estimate of drug-likeness (QED) is 0.352. The van der Waals surface area contributed by atoms with Gasteiger partial charge in [-0.15, -0.1) is 12.4 Å². The van der Waals surface area contributed by atoms with Crippen molar-refractivity contribution in [1.82, 2.24) is 0 Å². The summed E-state index contributed by atoms with van der Waals surface area (Å²) in [4.78, 5) is 20.9. The molecule has 2 aromatic carbocycles. The lowest BCUT2D eigenvalue weighted by molar-refractivity contribution is 0.102. The van der Waals surface area contributed by atoms with Gasteiger partial charge in [0, 0.05) is 34.7 Å². The molecule has 0 saturated carbocycles. The average Bonchev–Trinajstić information content (AvgIpc) is 2.62. The van der Waals surface area contributed by atoms with Crippen molar-refractivity contribution in [3.05, 3.63) is 54.1 Å². The fourth-order valence-electron chi connectivity index (χ4n) is 2.46. The molecule has 0 heterocycles. The summed E-state index contributed by atoms with van der Waals surface area (Å²) in [5.41, 5.74) is 14.4. The third kappa shape index (κ3) is 8.40. The first-order valence-electron chi connectivity index (χ1n) is 9.45. The van der Waals surface area contributed by atoms with Gasteiger partial charge in [0.1, 0.15) is 0 Å². The molecule has 0 unspecified atom stereocenters. The molecule has 0 spiro atoms. The Kier molecular flexibility index (Phi) is 9.64. The minimum absolute atomic E-state index is 0. The molecule has 0 radical (unpaired) electrons. The molecular weight excluding hydrogens is 402 g/mol. The van der Waals surface area contributed by atoms with Crippen molar-refractivity contribution in [2.24, 2.45) is 21.5 Å². The Morgan fingerprint density at radius 2 is 1.03 bits per heavy atom. The predicted octanol–water partition coefficient (Wildman–Crippen LogP) is 3.63. The molecule has 0 atom stereocenters. The summed E-state index contributed by atoms with van der Waals surface area (Å²) in [5, 5.41) is 8.86. The molecule has 7 N–H and O–H groups in total. The summed E-state index contributed by atoms with van der Waals surface area (Å²) in [6.07, 6.45) is 0. The monoisotopic (exact) mass is 431 g/mol. The second-order valence-electron chi connectivity index (χ2n) is 7.08. The Labute approximate surface area is 183 Å². The van der Waals surface area contributed by atoms with E-state index in [2.05, 4.69) is 25.9 Å². The second-order valence-corrected chi connectivity index (χ2v) is 7.08. The number of nitrogens with zero attached hydrogens (tertiary/aromatic N) is 2. The fourth-order valence-corrected chi connectivity index (χ4v) is 2.46. The van der Waals surface area contributed by atoms with Crippen LogP contribution in [0.1, 0.15) is 38.1 Å². The van der Waals surface area contributed by atoms with Gasteiger partial charge in [-0.3, -0.25) is 14.8 Å². The SMILES string of the molecule is CC(C)N=C(N)Nc1ccc(NC(=O)c2ccc(NC(N)=NC(C)C)cc2)cc1.Cl. The van der Waals surface area contributed by atoms with E-state index in [1.165, 1.54) is 0 Å². The second kappa shape index (κ2) is 11.7. The maximum atomic E-state index is 12.4. The first-order chi connectivity index (χ1) is 13.7. The number of aliphatic imine (C=N–C) groups is 2. The number of amides is 1. The molecule has 0 aliphatic carbocycles. The van der Waals surface area contributed by atoms with E-state index in [9.17, 15) is 4.79 Å². The number of carbonyl (C=O) groups is 1. The maximum absolute atomic E-state index is 12.4. The van der Waals surface area contributed by atoms with E-state index in [0.717, 1.165) is 11.4 Å². The topological polar surface area (TPSA) is 130 Å². The lowest BCUT2D eigenvalue weighted by Gasteiger charge is -2.10. The van der Waals surface area contributed by atoms with Crippen molar-refractivity contribution in [1.29, 1.82) is 0 Å². The molecule has 0 saturated heterocycles. The zero-order chi connectivity index (χ0) is 21.4. The molecular formula is C21H30ClN7O. The normalized spacial score (nSPS) is 11.8. The van der Waals surface area contributed by atoms with Gasteiger partial charge in [-0.1, -0.05) is 0 Å². The number of rotatable bonds is 6. The van der Waals surface area contributed by atoms with Gasteiger partial charge in [-0.25, -0.2) is 0 Å². The lowest BCUT2D eigenvalue weighted by Crippen LogP contribution is -2.24. The number of guanidine groups is 2. The van der Waals surface area contributed by atoms with E-state index in [0.29, 0.717) is 23.2 Å². The highest BCUT2D eigenvalue weighted by Gasteiger charge is 2.07. The summed E-state index contributed by atoms with van der Waals surface area (Å²) in [6.45, 7) is 7.78. The van der Waals surface area contributed by atoms with Crippen LogP contribution in [-0.2, 0) is 0 Å². The number of nitrogens with one attached hydrogen (secondary N) is 3. The Bertz CT molecular complexity index is 875. The van der Waals surface area contributed by atoms with E-state index >= 15 is 0 Å². The molecule has 30 heavy (non-hydrogen) atoms. The lowest BCUT2D eigenvalue weighted by atomic mass is 10.2. The van der Waals surface area contributed by atoms with E-state index in [-0.39, 0.29) is 30.4 Å². The number of anilines is 3. The van der Waals surface area contributed by atoms with Gasteiger partial charge in [0.15, 0.2) is 11.9 Å². The molecule has 1 amide bonds. The van der Waals surface area contributed by atoms with Gasteiger partial charge in [-0.2, -0.15) is 0 Å². The van der Waals surface area contributed by atoms with Crippen LogP contribution >= 0.6 is 12.4 Å². The van der Waals surface area contributed by atoms with Crippen LogP contribution in [0.5, 0.6) is 0 Å². The Morgan fingerprint density at radius 1 is 0.700 bits per heavy atom. The summed E-state index contributed by atoms with van der Waals surface area (Å²) in [5.74, 6) is 0.483. The summed E-state index contributed by atoms with van der Waals surface area (Å²) < 4.78 is 0. The molecule has 0 fully saturated rings. The summed E-state index contributed by atoms with van der Waals surface area (Å²) in [7, 11) is 0. The van der Waals surface area contributed by atoms with Gasteiger partial charge in [-0.05, 0) is 76.2 Å². The van der Waals surface area contributed by atoms with E-state index < -0.39 is 0 Å². The number of nitrogens with two attached hydrogens (primary N) is 2. The summed E-state index contributed by atoms with van der Waals surface area (Å²) >= 11 is 0. The number of benzene rings is 2. The van der Waals surface area contributed by atoms with Crippen LogP contribution in [0.4, 0.5) is 17.1 Å². The van der Waals surface area contributed by atoms with Gasteiger partial charge in [0.25, 0.3) is 5.91 Å². The highest BCUT2D eigenvalue weighted by atomic mass is 35.5. The van der Waals surface area contributed by atoms with Crippen molar-refractivity contribution in [2.75, 3.05) is 16.0 Å². The van der Waals surface area contributed by atoms with Crippen molar-refractivity contribution in [3.63, 3.8) is 0 Å². The van der Waals surface area contributed by atoms with E-state index in [4.69, 9.17) is 11.5 Å². The molecule has 2 aromatic rings. The minimum atomic E-state index is -0.207. The predicted molar refractivity (Wildman–Crippen MR) is 129 cm³/mol. The smallest absolute Gasteiger partial charge is 0.255 e. The molecule has 0 aliphatic rings. The molecule has 0 aromatic heterocycles. The first kappa shape index (κ1) is 24.8. The van der Waals surface area contributed by atoms with Crippen LogP contribution in [0, 0.1) is 0 Å². The Balaban J connectivity index is 0.00000450. The van der Waals surface area contributed by atoms with Crippen molar-refractivity contribution < 1.29 is 4.79 Å². The number of hydrogen-bond acceptors (Lipinski definition) is 3. The van der Waals surface area contributed by atoms with Crippen LogP contribution < -0.4 is 27.4 Å². The zero-order valence-corrected chi connectivity index (χ0v) is 18.5. The summed E-state index contributed by atoms with van der Waals surface area (Å²) in [6, 6.07) is 14.4. The van der Waals surface area contributed by atoms with Crippen molar-refractivity contribution in [2.45, 2.75) is 39.8 Å². The number of halogens is 1. The maximum Gasteiger partial charge on any atom is 0.255 e. The third-order valence-electron chi connectivity index (χ3n) is 3.63. The van der Waals surface area contributed by atoms with Crippen LogP contribution in [0.25, 0.3) is 0 Å².